The Hall–Kier alpha value is -0.460. The molecule has 2 heterocycles. The second-order valence-corrected chi connectivity index (χ2v) is 7.58. The lowest BCUT2D eigenvalue weighted by Crippen LogP contribution is -2.18. The molecular formula is C14H10BrClFNS2. The molecule has 0 saturated carbocycles. The lowest BCUT2D eigenvalue weighted by molar-refractivity contribution is 0.579. The lowest BCUT2D eigenvalue weighted by atomic mass is 10.0. The number of benzene rings is 1. The summed E-state index contributed by atoms with van der Waals surface area (Å²) in [7, 11) is 1.83. The first-order valence-electron chi connectivity index (χ1n) is 5.89. The van der Waals surface area contributed by atoms with Crippen molar-refractivity contribution in [1.29, 1.82) is 0 Å². The molecule has 0 aliphatic heterocycles. The Morgan fingerprint density at radius 3 is 2.80 bits per heavy atom. The first kappa shape index (κ1) is 14.5. The highest BCUT2D eigenvalue weighted by Crippen LogP contribution is 2.38. The fourth-order valence-corrected chi connectivity index (χ4v) is 4.87. The minimum absolute atomic E-state index is 0.126. The topological polar surface area (TPSA) is 12.0 Å². The van der Waals surface area contributed by atoms with Crippen LogP contribution >= 0.6 is 50.2 Å². The molecule has 104 valence electrons. The summed E-state index contributed by atoms with van der Waals surface area (Å²) in [6, 6.07) is 7.55. The van der Waals surface area contributed by atoms with E-state index in [0.717, 1.165) is 4.88 Å². The van der Waals surface area contributed by atoms with Gasteiger partial charge < -0.3 is 5.32 Å². The Morgan fingerprint density at radius 2 is 2.10 bits per heavy atom. The third kappa shape index (κ3) is 2.42. The Morgan fingerprint density at radius 1 is 1.30 bits per heavy atom. The van der Waals surface area contributed by atoms with Crippen molar-refractivity contribution in [2.45, 2.75) is 6.04 Å². The molecule has 0 fully saturated rings. The Balaban J connectivity index is 2.10. The van der Waals surface area contributed by atoms with E-state index in [0.29, 0.717) is 10.0 Å². The number of hydrogen-bond donors (Lipinski definition) is 1. The number of thiophene rings is 2. The van der Waals surface area contributed by atoms with Gasteiger partial charge in [-0.15, -0.1) is 22.7 Å². The standard InChI is InChI=1S/C14H10BrClFNS2/c1-18-14(7-2-3-8(15)12(16)13(7)17)11-6-10-9(20-11)4-5-19-10/h2-6,14,18H,1H3. The van der Waals surface area contributed by atoms with E-state index in [9.17, 15) is 4.39 Å². The van der Waals surface area contributed by atoms with E-state index in [-0.39, 0.29) is 16.9 Å². The first-order valence-corrected chi connectivity index (χ1v) is 8.76. The van der Waals surface area contributed by atoms with Gasteiger partial charge in [-0.1, -0.05) is 17.7 Å². The highest BCUT2D eigenvalue weighted by Gasteiger charge is 2.21. The molecule has 20 heavy (non-hydrogen) atoms. The zero-order valence-corrected chi connectivity index (χ0v) is 14.4. The third-order valence-electron chi connectivity index (χ3n) is 3.11. The van der Waals surface area contributed by atoms with Crippen LogP contribution in [0.15, 0.2) is 34.1 Å². The summed E-state index contributed by atoms with van der Waals surface area (Å²) in [5.41, 5.74) is 0.564. The normalized spacial score (nSPS) is 13.0. The summed E-state index contributed by atoms with van der Waals surface area (Å²) in [5.74, 6) is -0.378. The number of fused-ring (bicyclic) bond motifs is 1. The van der Waals surface area contributed by atoms with Crippen LogP contribution in [-0.4, -0.2) is 7.05 Å². The van der Waals surface area contributed by atoms with Gasteiger partial charge in [-0.3, -0.25) is 0 Å². The highest BCUT2D eigenvalue weighted by atomic mass is 79.9. The largest absolute Gasteiger partial charge is 0.309 e. The van der Waals surface area contributed by atoms with Crippen molar-refractivity contribution in [3.05, 3.63) is 55.4 Å². The highest BCUT2D eigenvalue weighted by molar-refractivity contribution is 9.10. The van der Waals surface area contributed by atoms with Crippen molar-refractivity contribution in [3.8, 4) is 0 Å². The van der Waals surface area contributed by atoms with Gasteiger partial charge in [0.25, 0.3) is 0 Å². The molecule has 1 N–H and O–H groups in total. The molecule has 0 saturated heterocycles. The van der Waals surface area contributed by atoms with Crippen molar-refractivity contribution >= 4 is 59.6 Å². The molecule has 6 heteroatoms. The van der Waals surface area contributed by atoms with Crippen LogP contribution in [0.4, 0.5) is 4.39 Å². The Bertz CT molecular complexity index is 739. The molecule has 3 rings (SSSR count). The number of rotatable bonds is 3. The van der Waals surface area contributed by atoms with Crippen molar-refractivity contribution in [1.82, 2.24) is 5.32 Å². The maximum Gasteiger partial charge on any atom is 0.148 e. The Labute approximate surface area is 137 Å². The monoisotopic (exact) mass is 389 g/mol. The summed E-state index contributed by atoms with van der Waals surface area (Å²) >= 11 is 12.6. The number of nitrogens with one attached hydrogen (secondary N) is 1. The van der Waals surface area contributed by atoms with E-state index in [1.807, 2.05) is 7.05 Å². The molecule has 0 spiro atoms. The minimum Gasteiger partial charge on any atom is -0.309 e. The van der Waals surface area contributed by atoms with E-state index in [2.05, 4.69) is 38.8 Å². The predicted octanol–water partition coefficient (Wildman–Crippen LogP) is 5.83. The van der Waals surface area contributed by atoms with Crippen LogP contribution in [0.5, 0.6) is 0 Å². The minimum atomic E-state index is -0.378. The summed E-state index contributed by atoms with van der Waals surface area (Å²) in [6.45, 7) is 0. The number of hydrogen-bond acceptors (Lipinski definition) is 3. The molecule has 1 nitrogen and oxygen atoms in total. The molecule has 0 bridgehead atoms. The van der Waals surface area contributed by atoms with Crippen molar-refractivity contribution in [3.63, 3.8) is 0 Å². The molecular weight excluding hydrogens is 381 g/mol. The van der Waals surface area contributed by atoms with Gasteiger partial charge in [0.05, 0.1) is 11.1 Å². The van der Waals surface area contributed by atoms with Crippen LogP contribution in [0.2, 0.25) is 5.02 Å². The van der Waals surface area contributed by atoms with Gasteiger partial charge in [0, 0.05) is 24.3 Å². The van der Waals surface area contributed by atoms with Gasteiger partial charge in [-0.25, -0.2) is 4.39 Å². The summed E-state index contributed by atoms with van der Waals surface area (Å²) < 4.78 is 17.4. The van der Waals surface area contributed by atoms with E-state index in [4.69, 9.17) is 11.6 Å². The van der Waals surface area contributed by atoms with Crippen LogP contribution in [-0.2, 0) is 0 Å². The van der Waals surface area contributed by atoms with E-state index in [1.54, 1.807) is 34.8 Å². The van der Waals surface area contributed by atoms with Gasteiger partial charge in [-0.05, 0) is 46.6 Å². The van der Waals surface area contributed by atoms with Crippen molar-refractivity contribution < 1.29 is 4.39 Å². The smallest absolute Gasteiger partial charge is 0.148 e. The molecule has 0 amide bonds. The van der Waals surface area contributed by atoms with Crippen LogP contribution in [0, 0.1) is 5.82 Å². The molecule has 1 atom stereocenters. The zero-order valence-electron chi connectivity index (χ0n) is 10.4. The van der Waals surface area contributed by atoms with E-state index >= 15 is 0 Å². The fraction of sp³-hybridized carbons (Fsp3) is 0.143. The van der Waals surface area contributed by atoms with Gasteiger partial charge in [0.2, 0.25) is 0 Å². The fourth-order valence-electron chi connectivity index (χ4n) is 2.14. The molecule has 3 aromatic rings. The summed E-state index contributed by atoms with van der Waals surface area (Å²) in [5, 5.41) is 5.37. The van der Waals surface area contributed by atoms with Gasteiger partial charge in [0.15, 0.2) is 0 Å². The SMILES string of the molecule is CNC(c1cc2sccc2s1)c1ccc(Br)c(Cl)c1F. The predicted molar refractivity (Wildman–Crippen MR) is 89.7 cm³/mol. The summed E-state index contributed by atoms with van der Waals surface area (Å²) in [4.78, 5) is 1.09. The lowest BCUT2D eigenvalue weighted by Gasteiger charge is -2.17. The van der Waals surface area contributed by atoms with Gasteiger partial charge in [-0.2, -0.15) is 0 Å². The van der Waals surface area contributed by atoms with Crippen LogP contribution in [0.25, 0.3) is 9.40 Å². The third-order valence-corrected chi connectivity index (χ3v) is 6.52. The first-order chi connectivity index (χ1) is 9.61. The molecule has 0 radical (unpaired) electrons. The van der Waals surface area contributed by atoms with Gasteiger partial charge in [0.1, 0.15) is 5.82 Å². The van der Waals surface area contributed by atoms with E-state index in [1.165, 1.54) is 9.40 Å². The molecule has 0 aliphatic rings. The quantitative estimate of drug-likeness (QED) is 0.555. The van der Waals surface area contributed by atoms with Crippen molar-refractivity contribution in [2.24, 2.45) is 0 Å². The average molecular weight is 391 g/mol. The average Bonchev–Trinajstić information content (AvgIpc) is 3.00. The molecule has 0 aliphatic carbocycles. The summed E-state index contributed by atoms with van der Waals surface area (Å²) in [6.07, 6.45) is 0. The second kappa shape index (κ2) is 5.73. The maximum atomic E-state index is 14.4. The zero-order chi connectivity index (χ0) is 14.3. The van der Waals surface area contributed by atoms with Crippen LogP contribution in [0.1, 0.15) is 16.5 Å². The van der Waals surface area contributed by atoms with Crippen LogP contribution in [0.3, 0.4) is 0 Å². The van der Waals surface area contributed by atoms with Crippen molar-refractivity contribution in [2.75, 3.05) is 7.05 Å². The second-order valence-electron chi connectivity index (χ2n) is 4.28. The number of halogens is 3. The van der Waals surface area contributed by atoms with E-state index < -0.39 is 0 Å². The van der Waals surface area contributed by atoms with Gasteiger partial charge >= 0.3 is 0 Å². The maximum absolute atomic E-state index is 14.4. The molecule has 1 aromatic carbocycles. The Kier molecular flexibility index (Phi) is 4.15. The molecule has 2 aromatic heterocycles. The molecule has 1 unspecified atom stereocenters. The van der Waals surface area contributed by atoms with Crippen LogP contribution < -0.4 is 5.32 Å².